The van der Waals surface area contributed by atoms with E-state index in [0.717, 1.165) is 6.42 Å². The third kappa shape index (κ3) is 4.00. The first-order valence-corrected chi connectivity index (χ1v) is 6.53. The van der Waals surface area contributed by atoms with Crippen molar-refractivity contribution >= 4 is 0 Å². The molecule has 2 unspecified atom stereocenters. The Morgan fingerprint density at radius 3 is 2.31 bits per heavy atom. The van der Waals surface area contributed by atoms with Crippen LogP contribution < -0.4 is 5.32 Å². The largest absolute Gasteiger partial charge is 0.317 e. The van der Waals surface area contributed by atoms with Gasteiger partial charge in [0, 0.05) is 18.9 Å². The predicted molar refractivity (Wildman–Crippen MR) is 63.8 cm³/mol. The fourth-order valence-corrected chi connectivity index (χ4v) is 2.61. The van der Waals surface area contributed by atoms with Crippen molar-refractivity contribution in [1.82, 2.24) is 5.32 Å². The van der Waals surface area contributed by atoms with Gasteiger partial charge in [-0.15, -0.1) is 0 Å². The lowest BCUT2D eigenvalue weighted by atomic mass is 9.79. The standard InChI is InChI=1S/C13H25F2N/c1-4-10(2)9-12(16-3)11-5-7-13(14,15)8-6-11/h10-12,16H,4-9H2,1-3H3. The van der Waals surface area contributed by atoms with Crippen LogP contribution in [0.25, 0.3) is 0 Å². The third-order valence-corrected chi connectivity index (χ3v) is 4.05. The zero-order valence-electron chi connectivity index (χ0n) is 10.7. The SMILES string of the molecule is CCC(C)CC(NC)C1CCC(F)(F)CC1. The van der Waals surface area contributed by atoms with Crippen LogP contribution in [0.5, 0.6) is 0 Å². The molecule has 0 radical (unpaired) electrons. The molecule has 0 saturated heterocycles. The lowest BCUT2D eigenvalue weighted by Crippen LogP contribution is -2.39. The number of hydrogen-bond donors (Lipinski definition) is 1. The molecule has 0 heterocycles. The first-order chi connectivity index (χ1) is 7.48. The maximum absolute atomic E-state index is 13.1. The van der Waals surface area contributed by atoms with E-state index in [9.17, 15) is 8.78 Å². The van der Waals surface area contributed by atoms with Gasteiger partial charge in [0.15, 0.2) is 0 Å². The lowest BCUT2D eigenvalue weighted by molar-refractivity contribution is -0.0500. The van der Waals surface area contributed by atoms with Crippen LogP contribution >= 0.6 is 0 Å². The van der Waals surface area contributed by atoms with Crippen LogP contribution in [0.1, 0.15) is 52.4 Å². The molecule has 0 bridgehead atoms. The molecule has 1 N–H and O–H groups in total. The van der Waals surface area contributed by atoms with E-state index in [0.29, 0.717) is 30.7 Å². The Balaban J connectivity index is 2.43. The molecule has 0 amide bonds. The molecule has 0 aliphatic heterocycles. The van der Waals surface area contributed by atoms with Gasteiger partial charge in [-0.05, 0) is 38.1 Å². The molecule has 0 spiro atoms. The fraction of sp³-hybridized carbons (Fsp3) is 1.00. The summed E-state index contributed by atoms with van der Waals surface area (Å²) in [5.74, 6) is -1.27. The van der Waals surface area contributed by atoms with Crippen LogP contribution in [0, 0.1) is 11.8 Å². The van der Waals surface area contributed by atoms with Gasteiger partial charge in [-0.1, -0.05) is 20.3 Å². The van der Waals surface area contributed by atoms with Gasteiger partial charge in [0.05, 0.1) is 0 Å². The smallest absolute Gasteiger partial charge is 0.248 e. The van der Waals surface area contributed by atoms with Gasteiger partial charge < -0.3 is 5.32 Å². The van der Waals surface area contributed by atoms with Crippen molar-refractivity contribution in [3.8, 4) is 0 Å². The van der Waals surface area contributed by atoms with Gasteiger partial charge in [-0.25, -0.2) is 8.78 Å². The highest BCUT2D eigenvalue weighted by molar-refractivity contribution is 4.85. The highest BCUT2D eigenvalue weighted by Gasteiger charge is 2.37. The molecule has 1 rings (SSSR count). The van der Waals surface area contributed by atoms with Crippen molar-refractivity contribution in [2.45, 2.75) is 64.3 Å². The molecule has 0 aromatic heterocycles. The summed E-state index contributed by atoms with van der Waals surface area (Å²) in [5, 5.41) is 3.32. The first-order valence-electron chi connectivity index (χ1n) is 6.53. The zero-order chi connectivity index (χ0) is 12.2. The van der Waals surface area contributed by atoms with E-state index in [-0.39, 0.29) is 12.8 Å². The van der Waals surface area contributed by atoms with E-state index in [1.807, 2.05) is 7.05 Å². The number of alkyl halides is 2. The summed E-state index contributed by atoms with van der Waals surface area (Å²) < 4.78 is 26.1. The van der Waals surface area contributed by atoms with Gasteiger partial charge in [0.25, 0.3) is 0 Å². The van der Waals surface area contributed by atoms with Crippen molar-refractivity contribution in [3.63, 3.8) is 0 Å². The van der Waals surface area contributed by atoms with Crippen molar-refractivity contribution in [2.24, 2.45) is 11.8 Å². The number of halogens is 2. The molecule has 1 aliphatic rings. The summed E-state index contributed by atoms with van der Waals surface area (Å²) in [6.07, 6.45) is 3.79. The van der Waals surface area contributed by atoms with Gasteiger partial charge >= 0.3 is 0 Å². The van der Waals surface area contributed by atoms with E-state index >= 15 is 0 Å². The first kappa shape index (κ1) is 13.9. The van der Waals surface area contributed by atoms with E-state index in [1.165, 1.54) is 6.42 Å². The summed E-state index contributed by atoms with van der Waals surface area (Å²) in [6.45, 7) is 4.42. The molecule has 1 aliphatic carbocycles. The highest BCUT2D eigenvalue weighted by atomic mass is 19.3. The average Bonchev–Trinajstić information content (AvgIpc) is 2.26. The van der Waals surface area contributed by atoms with Crippen molar-refractivity contribution in [2.75, 3.05) is 7.05 Å². The Kier molecular flexibility index (Phi) is 5.16. The Morgan fingerprint density at radius 1 is 1.31 bits per heavy atom. The second-order valence-electron chi connectivity index (χ2n) is 5.34. The predicted octanol–water partition coefficient (Wildman–Crippen LogP) is 3.84. The second kappa shape index (κ2) is 5.95. The zero-order valence-corrected chi connectivity index (χ0v) is 10.7. The van der Waals surface area contributed by atoms with Gasteiger partial charge in [-0.2, -0.15) is 0 Å². The maximum atomic E-state index is 13.1. The van der Waals surface area contributed by atoms with Crippen LogP contribution in [0.4, 0.5) is 8.78 Å². The van der Waals surface area contributed by atoms with E-state index < -0.39 is 5.92 Å². The van der Waals surface area contributed by atoms with E-state index in [4.69, 9.17) is 0 Å². The molecule has 3 heteroatoms. The third-order valence-electron chi connectivity index (χ3n) is 4.05. The van der Waals surface area contributed by atoms with Crippen LogP contribution in [0.2, 0.25) is 0 Å². The Morgan fingerprint density at radius 2 is 1.88 bits per heavy atom. The Hall–Kier alpha value is -0.180. The molecule has 0 aromatic carbocycles. The quantitative estimate of drug-likeness (QED) is 0.761. The van der Waals surface area contributed by atoms with E-state index in [1.54, 1.807) is 0 Å². The van der Waals surface area contributed by atoms with Crippen LogP contribution in [0.15, 0.2) is 0 Å². The minimum Gasteiger partial charge on any atom is -0.317 e. The van der Waals surface area contributed by atoms with Gasteiger partial charge in [-0.3, -0.25) is 0 Å². The lowest BCUT2D eigenvalue weighted by Gasteiger charge is -2.34. The van der Waals surface area contributed by atoms with Gasteiger partial charge in [0.1, 0.15) is 0 Å². The minimum atomic E-state index is -2.40. The number of hydrogen-bond acceptors (Lipinski definition) is 1. The second-order valence-corrected chi connectivity index (χ2v) is 5.34. The molecule has 1 saturated carbocycles. The van der Waals surface area contributed by atoms with Crippen LogP contribution in [-0.4, -0.2) is 19.0 Å². The van der Waals surface area contributed by atoms with Crippen molar-refractivity contribution < 1.29 is 8.78 Å². The van der Waals surface area contributed by atoms with Crippen molar-refractivity contribution in [1.29, 1.82) is 0 Å². The van der Waals surface area contributed by atoms with Gasteiger partial charge in [0.2, 0.25) is 5.92 Å². The number of nitrogens with one attached hydrogen (secondary N) is 1. The van der Waals surface area contributed by atoms with Crippen LogP contribution in [-0.2, 0) is 0 Å². The normalized spacial score (nSPS) is 25.3. The Labute approximate surface area is 98.0 Å². The molecular formula is C13H25F2N. The Bertz CT molecular complexity index is 196. The molecule has 1 nitrogen and oxygen atoms in total. The summed E-state index contributed by atoms with van der Waals surface area (Å²) in [4.78, 5) is 0. The number of rotatable bonds is 5. The van der Waals surface area contributed by atoms with Crippen molar-refractivity contribution in [3.05, 3.63) is 0 Å². The molecule has 16 heavy (non-hydrogen) atoms. The molecule has 1 fully saturated rings. The monoisotopic (exact) mass is 233 g/mol. The van der Waals surface area contributed by atoms with Crippen LogP contribution in [0.3, 0.4) is 0 Å². The minimum absolute atomic E-state index is 0.0797. The van der Waals surface area contributed by atoms with E-state index in [2.05, 4.69) is 19.2 Å². The summed E-state index contributed by atoms with van der Waals surface area (Å²) in [7, 11) is 1.96. The molecular weight excluding hydrogens is 208 g/mol. The summed E-state index contributed by atoms with van der Waals surface area (Å²) in [6, 6.07) is 0.422. The highest BCUT2D eigenvalue weighted by Crippen LogP contribution is 2.38. The average molecular weight is 233 g/mol. The molecule has 0 aromatic rings. The summed E-state index contributed by atoms with van der Waals surface area (Å²) in [5.41, 5.74) is 0. The fourth-order valence-electron chi connectivity index (χ4n) is 2.61. The summed E-state index contributed by atoms with van der Waals surface area (Å²) >= 11 is 0. The maximum Gasteiger partial charge on any atom is 0.248 e. The molecule has 2 atom stereocenters. The molecule has 96 valence electrons. The topological polar surface area (TPSA) is 12.0 Å².